The van der Waals surface area contributed by atoms with E-state index in [2.05, 4.69) is 5.32 Å². The van der Waals surface area contributed by atoms with Crippen LogP contribution in [0.25, 0.3) is 10.8 Å². The Hall–Kier alpha value is -3.59. The Morgan fingerprint density at radius 2 is 1.65 bits per heavy atom. The van der Waals surface area contributed by atoms with E-state index in [1.807, 2.05) is 57.2 Å². The summed E-state index contributed by atoms with van der Waals surface area (Å²) in [7, 11) is -2.28. The van der Waals surface area contributed by atoms with Crippen molar-refractivity contribution in [3.05, 3.63) is 72.3 Å². The molecule has 198 valence electrons. The lowest BCUT2D eigenvalue weighted by atomic mass is 10.1. The Morgan fingerprint density at radius 3 is 2.30 bits per heavy atom. The third kappa shape index (κ3) is 7.22. The van der Waals surface area contributed by atoms with Crippen LogP contribution in [0.15, 0.2) is 66.7 Å². The summed E-state index contributed by atoms with van der Waals surface area (Å²) in [5, 5.41) is 4.48. The molecule has 0 unspecified atom stereocenters. The fourth-order valence-electron chi connectivity index (χ4n) is 4.04. The van der Waals surface area contributed by atoms with Crippen LogP contribution in [0.2, 0.25) is 0 Å². The van der Waals surface area contributed by atoms with Crippen molar-refractivity contribution in [2.45, 2.75) is 45.8 Å². The molecule has 2 amide bonds. The van der Waals surface area contributed by atoms with Crippen molar-refractivity contribution in [3.8, 4) is 5.75 Å². The van der Waals surface area contributed by atoms with Gasteiger partial charge in [0.15, 0.2) is 0 Å². The van der Waals surface area contributed by atoms with Crippen LogP contribution in [0.4, 0.5) is 5.69 Å². The molecule has 37 heavy (non-hydrogen) atoms. The van der Waals surface area contributed by atoms with Crippen LogP contribution in [0.5, 0.6) is 5.75 Å². The molecule has 0 heterocycles. The van der Waals surface area contributed by atoms with Crippen LogP contribution in [-0.4, -0.2) is 56.6 Å². The topological polar surface area (TPSA) is 96.0 Å². The zero-order valence-electron chi connectivity index (χ0n) is 22.2. The summed E-state index contributed by atoms with van der Waals surface area (Å²) in [6.45, 7) is 6.86. The normalized spacial score (nSPS) is 12.6. The summed E-state index contributed by atoms with van der Waals surface area (Å²) in [4.78, 5) is 28.3. The number of hydrogen-bond donors (Lipinski definition) is 1. The largest absolute Gasteiger partial charge is 0.497 e. The highest BCUT2D eigenvalue weighted by Gasteiger charge is 2.31. The number of hydrogen-bond acceptors (Lipinski definition) is 5. The minimum Gasteiger partial charge on any atom is -0.497 e. The molecule has 8 nitrogen and oxygen atoms in total. The maximum absolute atomic E-state index is 13.8. The van der Waals surface area contributed by atoms with E-state index in [1.54, 1.807) is 44.4 Å². The molecular formula is C28H35N3O5S. The van der Waals surface area contributed by atoms with Gasteiger partial charge in [-0.15, -0.1) is 0 Å². The Labute approximate surface area is 219 Å². The molecule has 3 aromatic rings. The third-order valence-electron chi connectivity index (χ3n) is 5.87. The highest BCUT2D eigenvalue weighted by molar-refractivity contribution is 7.92. The van der Waals surface area contributed by atoms with Gasteiger partial charge in [0, 0.05) is 17.5 Å². The van der Waals surface area contributed by atoms with Crippen molar-refractivity contribution in [3.63, 3.8) is 0 Å². The van der Waals surface area contributed by atoms with E-state index in [-0.39, 0.29) is 12.5 Å². The van der Waals surface area contributed by atoms with Crippen molar-refractivity contribution in [2.75, 3.05) is 24.2 Å². The monoisotopic (exact) mass is 525 g/mol. The number of ether oxygens (including phenoxy) is 1. The lowest BCUT2D eigenvalue weighted by Crippen LogP contribution is -2.54. The molecule has 0 saturated carbocycles. The molecule has 0 spiro atoms. The van der Waals surface area contributed by atoms with Gasteiger partial charge >= 0.3 is 0 Å². The maximum atomic E-state index is 13.8. The van der Waals surface area contributed by atoms with Crippen molar-refractivity contribution in [1.82, 2.24) is 10.2 Å². The smallest absolute Gasteiger partial charge is 0.244 e. The first-order valence-corrected chi connectivity index (χ1v) is 13.8. The van der Waals surface area contributed by atoms with Gasteiger partial charge in [0.05, 0.1) is 19.1 Å². The molecular weight excluding hydrogens is 490 g/mol. The molecule has 3 rings (SSSR count). The Bertz CT molecular complexity index is 1380. The van der Waals surface area contributed by atoms with Gasteiger partial charge in [-0.2, -0.15) is 0 Å². The molecule has 1 atom stereocenters. The average Bonchev–Trinajstić information content (AvgIpc) is 2.83. The summed E-state index contributed by atoms with van der Waals surface area (Å²) in [5.74, 6) is -0.220. The zero-order valence-corrected chi connectivity index (χ0v) is 23.0. The predicted molar refractivity (Wildman–Crippen MR) is 147 cm³/mol. The molecule has 0 bridgehead atoms. The molecule has 0 saturated heterocycles. The quantitative estimate of drug-likeness (QED) is 0.457. The zero-order chi connectivity index (χ0) is 27.4. The number of fused-ring (bicyclic) bond motifs is 1. The first kappa shape index (κ1) is 28.0. The summed E-state index contributed by atoms with van der Waals surface area (Å²) >= 11 is 0. The van der Waals surface area contributed by atoms with E-state index in [0.29, 0.717) is 16.8 Å². The standard InChI is InChI=1S/C28H35N3O5S/c1-20(27(33)29-28(2,3)4)30(18-21-11-9-14-23(17-21)36-5)26(32)19-31(37(6,34)35)25-16-10-13-22-12-7-8-15-24(22)25/h7-17,20H,18-19H2,1-6H3,(H,29,33)/t20-/m0/s1. The molecule has 0 radical (unpaired) electrons. The van der Waals surface area contributed by atoms with Gasteiger partial charge < -0.3 is 15.0 Å². The van der Waals surface area contributed by atoms with Crippen LogP contribution in [0.1, 0.15) is 33.3 Å². The average molecular weight is 526 g/mol. The van der Waals surface area contributed by atoms with Gasteiger partial charge in [0.2, 0.25) is 21.8 Å². The van der Waals surface area contributed by atoms with Crippen molar-refractivity contribution >= 4 is 38.3 Å². The minimum atomic E-state index is -3.83. The highest BCUT2D eigenvalue weighted by Crippen LogP contribution is 2.29. The van der Waals surface area contributed by atoms with Gasteiger partial charge in [0.1, 0.15) is 18.3 Å². The molecule has 9 heteroatoms. The van der Waals surface area contributed by atoms with Crippen LogP contribution in [0.3, 0.4) is 0 Å². The molecule has 0 aliphatic carbocycles. The second-order valence-electron chi connectivity index (χ2n) is 10.1. The number of anilines is 1. The molecule has 0 aromatic heterocycles. The van der Waals surface area contributed by atoms with Crippen LogP contribution >= 0.6 is 0 Å². The highest BCUT2D eigenvalue weighted by atomic mass is 32.2. The molecule has 3 aromatic carbocycles. The van der Waals surface area contributed by atoms with Crippen LogP contribution in [-0.2, 0) is 26.2 Å². The number of amides is 2. The van der Waals surface area contributed by atoms with Gasteiger partial charge in [-0.05, 0) is 56.8 Å². The number of nitrogens with zero attached hydrogens (tertiary/aromatic N) is 2. The summed E-state index contributed by atoms with van der Waals surface area (Å²) < 4.78 is 32.3. The van der Waals surface area contributed by atoms with Crippen molar-refractivity contribution in [2.24, 2.45) is 0 Å². The molecule has 0 fully saturated rings. The van der Waals surface area contributed by atoms with Crippen molar-refractivity contribution in [1.29, 1.82) is 0 Å². The lowest BCUT2D eigenvalue weighted by Gasteiger charge is -2.33. The SMILES string of the molecule is COc1cccc(CN(C(=O)CN(c2cccc3ccccc23)S(C)(=O)=O)[C@@H](C)C(=O)NC(C)(C)C)c1. The van der Waals surface area contributed by atoms with E-state index < -0.39 is 34.1 Å². The van der Waals surface area contributed by atoms with Crippen LogP contribution < -0.4 is 14.4 Å². The van der Waals surface area contributed by atoms with E-state index in [1.165, 1.54) is 4.90 Å². The number of nitrogens with one attached hydrogen (secondary N) is 1. The van der Waals surface area contributed by atoms with E-state index in [4.69, 9.17) is 4.74 Å². The number of benzene rings is 3. The van der Waals surface area contributed by atoms with E-state index in [0.717, 1.165) is 21.5 Å². The Kier molecular flexibility index (Phi) is 8.48. The Balaban J connectivity index is 2.01. The number of rotatable bonds is 9. The molecule has 0 aliphatic heterocycles. The fraction of sp³-hybridized carbons (Fsp3) is 0.357. The van der Waals surface area contributed by atoms with Crippen molar-refractivity contribution < 1.29 is 22.7 Å². The molecule has 1 N–H and O–H groups in total. The second kappa shape index (κ2) is 11.2. The first-order valence-electron chi connectivity index (χ1n) is 12.0. The Morgan fingerprint density at radius 1 is 1.00 bits per heavy atom. The number of methoxy groups -OCH3 is 1. The summed E-state index contributed by atoms with van der Waals surface area (Å²) in [6, 6.07) is 19.1. The number of carbonyl (C=O) groups is 2. The van der Waals surface area contributed by atoms with E-state index >= 15 is 0 Å². The third-order valence-corrected chi connectivity index (χ3v) is 6.99. The minimum absolute atomic E-state index is 0.0991. The first-order chi connectivity index (χ1) is 17.3. The lowest BCUT2D eigenvalue weighted by molar-refractivity contribution is -0.140. The van der Waals surface area contributed by atoms with Gasteiger partial charge in [-0.25, -0.2) is 8.42 Å². The second-order valence-corrected chi connectivity index (χ2v) is 12.0. The summed E-state index contributed by atoms with van der Waals surface area (Å²) in [6.07, 6.45) is 1.07. The van der Waals surface area contributed by atoms with Gasteiger partial charge in [-0.3, -0.25) is 13.9 Å². The van der Waals surface area contributed by atoms with Crippen LogP contribution in [0, 0.1) is 0 Å². The number of carbonyl (C=O) groups excluding carboxylic acids is 2. The van der Waals surface area contributed by atoms with Gasteiger partial charge in [0.25, 0.3) is 0 Å². The number of sulfonamides is 1. The predicted octanol–water partition coefficient (Wildman–Crippen LogP) is 3.95. The van der Waals surface area contributed by atoms with E-state index in [9.17, 15) is 18.0 Å². The molecule has 0 aliphatic rings. The fourth-order valence-corrected chi connectivity index (χ4v) is 4.91. The van der Waals surface area contributed by atoms with Gasteiger partial charge in [-0.1, -0.05) is 48.5 Å². The summed E-state index contributed by atoms with van der Waals surface area (Å²) in [5.41, 5.74) is 0.652. The maximum Gasteiger partial charge on any atom is 0.244 e.